The second-order valence-corrected chi connectivity index (χ2v) is 3.08. The molecule has 2 heteroatoms. The monoisotopic (exact) mass is 153 g/mol. The SMILES string of the molecule is CCC(=O)[C@@H]1CC=C[C@@H](N)C1. The molecule has 62 valence electrons. The summed E-state index contributed by atoms with van der Waals surface area (Å²) in [6, 6.07) is 0.101. The van der Waals surface area contributed by atoms with Crippen molar-refractivity contribution in [2.75, 3.05) is 0 Å². The molecule has 0 radical (unpaired) electrons. The van der Waals surface area contributed by atoms with Crippen LogP contribution in [0.1, 0.15) is 26.2 Å². The molecule has 1 rings (SSSR count). The summed E-state index contributed by atoms with van der Waals surface area (Å²) in [5.41, 5.74) is 5.68. The van der Waals surface area contributed by atoms with E-state index in [1.54, 1.807) is 0 Å². The lowest BCUT2D eigenvalue weighted by Gasteiger charge is -2.20. The van der Waals surface area contributed by atoms with Gasteiger partial charge in [0, 0.05) is 18.4 Å². The maximum atomic E-state index is 11.2. The van der Waals surface area contributed by atoms with Gasteiger partial charge in [0.2, 0.25) is 0 Å². The van der Waals surface area contributed by atoms with Gasteiger partial charge >= 0.3 is 0 Å². The normalized spacial score (nSPS) is 30.4. The van der Waals surface area contributed by atoms with Crippen LogP contribution in [-0.2, 0) is 4.79 Å². The van der Waals surface area contributed by atoms with E-state index in [0.717, 1.165) is 12.8 Å². The summed E-state index contributed by atoms with van der Waals surface area (Å²) in [4.78, 5) is 11.2. The van der Waals surface area contributed by atoms with E-state index in [1.165, 1.54) is 0 Å². The first kappa shape index (κ1) is 8.47. The highest BCUT2D eigenvalue weighted by Crippen LogP contribution is 2.19. The van der Waals surface area contributed by atoms with E-state index in [-0.39, 0.29) is 12.0 Å². The smallest absolute Gasteiger partial charge is 0.136 e. The number of ketones is 1. The maximum absolute atomic E-state index is 11.2. The summed E-state index contributed by atoms with van der Waals surface area (Å²) < 4.78 is 0. The number of allylic oxidation sites excluding steroid dienone is 1. The van der Waals surface area contributed by atoms with Crippen molar-refractivity contribution in [2.24, 2.45) is 11.7 Å². The van der Waals surface area contributed by atoms with E-state index in [9.17, 15) is 4.79 Å². The van der Waals surface area contributed by atoms with Crippen LogP contribution in [0, 0.1) is 5.92 Å². The Morgan fingerprint density at radius 2 is 2.45 bits per heavy atom. The molecular weight excluding hydrogens is 138 g/mol. The third-order valence-corrected chi connectivity index (χ3v) is 2.16. The minimum absolute atomic E-state index is 0.101. The number of Topliss-reactive ketones (excluding diaryl/α,β-unsaturated/α-hetero) is 1. The summed E-state index contributed by atoms with van der Waals surface area (Å²) in [5.74, 6) is 0.546. The average Bonchev–Trinajstić information content (AvgIpc) is 2.03. The lowest BCUT2D eigenvalue weighted by Crippen LogP contribution is -2.28. The average molecular weight is 153 g/mol. The van der Waals surface area contributed by atoms with Gasteiger partial charge in [0.05, 0.1) is 0 Å². The van der Waals surface area contributed by atoms with Crippen LogP contribution >= 0.6 is 0 Å². The van der Waals surface area contributed by atoms with Crippen molar-refractivity contribution in [1.82, 2.24) is 0 Å². The van der Waals surface area contributed by atoms with Gasteiger partial charge in [-0.3, -0.25) is 4.79 Å². The predicted molar refractivity (Wildman–Crippen MR) is 45.1 cm³/mol. The van der Waals surface area contributed by atoms with Gasteiger partial charge in [-0.25, -0.2) is 0 Å². The third kappa shape index (κ3) is 2.15. The number of carbonyl (C=O) groups is 1. The number of nitrogens with two attached hydrogens (primary N) is 1. The van der Waals surface area contributed by atoms with Gasteiger partial charge in [0.25, 0.3) is 0 Å². The number of rotatable bonds is 2. The molecule has 1 aliphatic carbocycles. The zero-order valence-corrected chi connectivity index (χ0v) is 6.92. The lowest BCUT2D eigenvalue weighted by molar-refractivity contribution is -0.122. The van der Waals surface area contributed by atoms with E-state index < -0.39 is 0 Å². The van der Waals surface area contributed by atoms with Gasteiger partial charge in [-0.2, -0.15) is 0 Å². The third-order valence-electron chi connectivity index (χ3n) is 2.16. The van der Waals surface area contributed by atoms with Crippen molar-refractivity contribution in [3.8, 4) is 0 Å². The van der Waals surface area contributed by atoms with E-state index in [4.69, 9.17) is 5.73 Å². The molecule has 2 atom stereocenters. The summed E-state index contributed by atoms with van der Waals surface area (Å²) in [5, 5.41) is 0. The fourth-order valence-corrected chi connectivity index (χ4v) is 1.47. The Balaban J connectivity index is 2.49. The van der Waals surface area contributed by atoms with Crippen LogP contribution in [0.4, 0.5) is 0 Å². The minimum Gasteiger partial charge on any atom is -0.324 e. The van der Waals surface area contributed by atoms with Gasteiger partial charge in [0.1, 0.15) is 5.78 Å². The molecule has 0 bridgehead atoms. The molecule has 0 spiro atoms. The molecule has 2 nitrogen and oxygen atoms in total. The molecule has 0 aromatic heterocycles. The fraction of sp³-hybridized carbons (Fsp3) is 0.667. The molecule has 0 aromatic carbocycles. The number of carbonyl (C=O) groups excluding carboxylic acids is 1. The molecule has 2 N–H and O–H groups in total. The maximum Gasteiger partial charge on any atom is 0.136 e. The van der Waals surface area contributed by atoms with Gasteiger partial charge < -0.3 is 5.73 Å². The van der Waals surface area contributed by atoms with Crippen molar-refractivity contribution >= 4 is 5.78 Å². The van der Waals surface area contributed by atoms with Crippen LogP contribution < -0.4 is 5.73 Å². The molecule has 0 amide bonds. The number of hydrogen-bond acceptors (Lipinski definition) is 2. The van der Waals surface area contributed by atoms with Crippen molar-refractivity contribution in [1.29, 1.82) is 0 Å². The Morgan fingerprint density at radius 3 is 3.00 bits per heavy atom. The Kier molecular flexibility index (Phi) is 2.83. The summed E-state index contributed by atoms with van der Waals surface area (Å²) >= 11 is 0. The lowest BCUT2D eigenvalue weighted by atomic mass is 9.87. The van der Waals surface area contributed by atoms with E-state index >= 15 is 0 Å². The Labute approximate surface area is 67.5 Å². The highest BCUT2D eigenvalue weighted by Gasteiger charge is 2.20. The zero-order chi connectivity index (χ0) is 8.27. The second-order valence-electron chi connectivity index (χ2n) is 3.08. The van der Waals surface area contributed by atoms with Crippen molar-refractivity contribution < 1.29 is 4.79 Å². The molecule has 0 aromatic rings. The zero-order valence-electron chi connectivity index (χ0n) is 6.92. The largest absolute Gasteiger partial charge is 0.324 e. The molecule has 0 saturated heterocycles. The van der Waals surface area contributed by atoms with Crippen molar-refractivity contribution in [3.63, 3.8) is 0 Å². The summed E-state index contributed by atoms with van der Waals surface area (Å²) in [7, 11) is 0. The molecule has 0 heterocycles. The van der Waals surface area contributed by atoms with Gasteiger partial charge in [-0.15, -0.1) is 0 Å². The molecule has 1 aliphatic rings. The Hall–Kier alpha value is -0.630. The first-order valence-corrected chi connectivity index (χ1v) is 4.19. The van der Waals surface area contributed by atoms with Gasteiger partial charge in [0.15, 0.2) is 0 Å². The van der Waals surface area contributed by atoms with Crippen molar-refractivity contribution in [3.05, 3.63) is 12.2 Å². The number of hydrogen-bond donors (Lipinski definition) is 1. The van der Waals surface area contributed by atoms with Crippen molar-refractivity contribution in [2.45, 2.75) is 32.2 Å². The van der Waals surface area contributed by atoms with Gasteiger partial charge in [-0.1, -0.05) is 19.1 Å². The van der Waals surface area contributed by atoms with Crippen LogP contribution in [0.5, 0.6) is 0 Å². The van der Waals surface area contributed by atoms with Crippen LogP contribution in [0.15, 0.2) is 12.2 Å². The van der Waals surface area contributed by atoms with E-state index in [1.807, 2.05) is 19.1 Å². The molecule has 0 fully saturated rings. The van der Waals surface area contributed by atoms with Crippen LogP contribution in [0.3, 0.4) is 0 Å². The molecule has 0 unspecified atom stereocenters. The topological polar surface area (TPSA) is 43.1 Å². The first-order chi connectivity index (χ1) is 5.24. The van der Waals surface area contributed by atoms with Crippen LogP contribution in [0.25, 0.3) is 0 Å². The first-order valence-electron chi connectivity index (χ1n) is 4.19. The van der Waals surface area contributed by atoms with Gasteiger partial charge in [-0.05, 0) is 12.8 Å². The quantitative estimate of drug-likeness (QED) is 0.607. The summed E-state index contributed by atoms with van der Waals surface area (Å²) in [6.45, 7) is 1.91. The summed E-state index contributed by atoms with van der Waals surface area (Å²) in [6.07, 6.45) is 6.38. The van der Waals surface area contributed by atoms with Crippen LogP contribution in [0.2, 0.25) is 0 Å². The molecular formula is C9H15NO. The highest BCUT2D eigenvalue weighted by atomic mass is 16.1. The molecule has 0 aliphatic heterocycles. The molecule has 0 saturated carbocycles. The molecule has 11 heavy (non-hydrogen) atoms. The standard InChI is InChI=1S/C9H15NO/c1-2-9(11)7-4-3-5-8(10)6-7/h3,5,7-8H,2,4,6,10H2,1H3/t7-,8-/m1/s1. The Bertz CT molecular complexity index is 174. The minimum atomic E-state index is 0.101. The van der Waals surface area contributed by atoms with E-state index in [2.05, 4.69) is 0 Å². The fourth-order valence-electron chi connectivity index (χ4n) is 1.47. The highest BCUT2D eigenvalue weighted by molar-refractivity contribution is 5.81. The van der Waals surface area contributed by atoms with E-state index in [0.29, 0.717) is 12.2 Å². The Morgan fingerprint density at radius 1 is 1.73 bits per heavy atom. The van der Waals surface area contributed by atoms with Crippen LogP contribution in [-0.4, -0.2) is 11.8 Å². The predicted octanol–water partition coefficient (Wildman–Crippen LogP) is 1.26. The second kappa shape index (κ2) is 3.67.